The van der Waals surface area contributed by atoms with Gasteiger partial charge >= 0.3 is 6.03 Å². The molecule has 0 radical (unpaired) electrons. The second kappa shape index (κ2) is 12.0. The van der Waals surface area contributed by atoms with E-state index in [9.17, 15) is 14.4 Å². The fourth-order valence-electron chi connectivity index (χ4n) is 3.21. The summed E-state index contributed by atoms with van der Waals surface area (Å²) in [5.74, 6) is 0.133. The number of urea groups is 1. The van der Waals surface area contributed by atoms with Crippen molar-refractivity contribution in [2.75, 3.05) is 42.1 Å². The minimum absolute atomic E-state index is 0.0978. The minimum atomic E-state index is -0.578. The summed E-state index contributed by atoms with van der Waals surface area (Å²) in [5, 5.41) is 11.7. The molecular formula is C21H27BrN8O3. The lowest BCUT2D eigenvalue weighted by atomic mass is 10.3. The fourth-order valence-corrected chi connectivity index (χ4v) is 3.54. The number of nitrogens with one attached hydrogen (secondary N) is 4. The van der Waals surface area contributed by atoms with Crippen molar-refractivity contribution in [3.8, 4) is 0 Å². The number of primary amides is 1. The van der Waals surface area contributed by atoms with Gasteiger partial charge in [0.1, 0.15) is 5.82 Å². The highest BCUT2D eigenvalue weighted by atomic mass is 79.9. The molecular weight excluding hydrogens is 492 g/mol. The monoisotopic (exact) mass is 518 g/mol. The highest BCUT2D eigenvalue weighted by molar-refractivity contribution is 9.10. The summed E-state index contributed by atoms with van der Waals surface area (Å²) in [6.45, 7) is 1.90. The van der Waals surface area contributed by atoms with Crippen LogP contribution >= 0.6 is 15.9 Å². The largest absolute Gasteiger partial charge is 0.369 e. The Morgan fingerprint density at radius 2 is 1.91 bits per heavy atom. The molecule has 0 spiro atoms. The van der Waals surface area contributed by atoms with Crippen LogP contribution in [0.25, 0.3) is 0 Å². The van der Waals surface area contributed by atoms with Gasteiger partial charge in [0.05, 0.1) is 11.0 Å². The maximum absolute atomic E-state index is 12.3. The number of likely N-dealkylation sites (tertiary alicyclic amines) is 1. The number of nitrogens with zero attached hydrogens (tertiary/aromatic N) is 3. The Labute approximate surface area is 200 Å². The van der Waals surface area contributed by atoms with E-state index in [1.807, 2.05) is 24.3 Å². The molecule has 0 saturated carbocycles. The number of halogens is 1. The zero-order valence-electron chi connectivity index (χ0n) is 18.1. The lowest BCUT2D eigenvalue weighted by molar-refractivity contribution is -0.124. The molecule has 1 aromatic carbocycles. The van der Waals surface area contributed by atoms with Crippen LogP contribution in [0.5, 0.6) is 0 Å². The molecule has 33 heavy (non-hydrogen) atoms. The van der Waals surface area contributed by atoms with Crippen molar-refractivity contribution in [1.82, 2.24) is 20.2 Å². The van der Waals surface area contributed by atoms with Gasteiger partial charge in [0, 0.05) is 43.6 Å². The summed E-state index contributed by atoms with van der Waals surface area (Å²) in [6.07, 6.45) is 4.49. The van der Waals surface area contributed by atoms with Crippen molar-refractivity contribution < 1.29 is 14.4 Å². The maximum atomic E-state index is 12.3. The first-order chi connectivity index (χ1) is 15.9. The molecule has 1 aromatic heterocycles. The van der Waals surface area contributed by atoms with Crippen LogP contribution in [0.2, 0.25) is 0 Å². The van der Waals surface area contributed by atoms with E-state index in [4.69, 9.17) is 5.73 Å². The van der Waals surface area contributed by atoms with Crippen molar-refractivity contribution in [1.29, 1.82) is 0 Å². The number of carbonyl (C=O) groups is 3. The Hall–Kier alpha value is -3.41. The summed E-state index contributed by atoms with van der Waals surface area (Å²) >= 11 is 3.41. The highest BCUT2D eigenvalue weighted by Gasteiger charge is 2.17. The standard InChI is InChI=1S/C21H27BrN8O3/c22-16-12-26-20(29-19(16)24-8-4-7-18(32)25-13-17(23)31)27-14-5-3-6-15(11-14)28-21(33)30-9-1-2-10-30/h3,5-6,11-12H,1-2,4,7-10,13H2,(H2,23,31)(H,25,32)(H,28,33)(H2,24,26,27,29). The topological polar surface area (TPSA) is 154 Å². The van der Waals surface area contributed by atoms with E-state index >= 15 is 0 Å². The quantitative estimate of drug-likeness (QED) is 0.302. The third-order valence-corrected chi connectivity index (χ3v) is 5.42. The highest BCUT2D eigenvalue weighted by Crippen LogP contribution is 2.23. The molecule has 1 fully saturated rings. The van der Waals surface area contributed by atoms with Crippen molar-refractivity contribution in [2.24, 2.45) is 5.73 Å². The molecule has 1 aliphatic heterocycles. The number of carbonyl (C=O) groups excluding carboxylic acids is 3. The van der Waals surface area contributed by atoms with Crippen LogP contribution < -0.4 is 27.0 Å². The lowest BCUT2D eigenvalue weighted by Gasteiger charge is -2.16. The first-order valence-electron chi connectivity index (χ1n) is 10.6. The Balaban J connectivity index is 1.52. The van der Waals surface area contributed by atoms with Crippen molar-refractivity contribution >= 4 is 56.9 Å². The number of benzene rings is 1. The summed E-state index contributed by atoms with van der Waals surface area (Å²) in [6, 6.07) is 7.24. The molecule has 0 atom stereocenters. The van der Waals surface area contributed by atoms with Gasteiger partial charge in [-0.2, -0.15) is 4.98 Å². The van der Waals surface area contributed by atoms with E-state index in [0.29, 0.717) is 34.9 Å². The van der Waals surface area contributed by atoms with Crippen LogP contribution in [0.4, 0.5) is 27.9 Å². The zero-order valence-corrected chi connectivity index (χ0v) is 19.7. The fraction of sp³-hybridized carbons (Fsp3) is 0.381. The van der Waals surface area contributed by atoms with Gasteiger partial charge in [-0.25, -0.2) is 9.78 Å². The van der Waals surface area contributed by atoms with Crippen molar-refractivity contribution in [3.05, 3.63) is 34.9 Å². The number of amides is 4. The van der Waals surface area contributed by atoms with Crippen LogP contribution in [0, 0.1) is 0 Å². The van der Waals surface area contributed by atoms with E-state index in [0.717, 1.165) is 31.6 Å². The van der Waals surface area contributed by atoms with Crippen LogP contribution in [-0.4, -0.2) is 58.9 Å². The number of hydrogen-bond acceptors (Lipinski definition) is 7. The van der Waals surface area contributed by atoms with Crippen LogP contribution in [0.3, 0.4) is 0 Å². The molecule has 4 amide bonds. The van der Waals surface area contributed by atoms with Crippen LogP contribution in [0.1, 0.15) is 25.7 Å². The Morgan fingerprint density at radius 1 is 1.15 bits per heavy atom. The van der Waals surface area contributed by atoms with Crippen LogP contribution in [-0.2, 0) is 9.59 Å². The molecule has 1 saturated heterocycles. The molecule has 6 N–H and O–H groups in total. The third-order valence-electron chi connectivity index (χ3n) is 4.84. The summed E-state index contributed by atoms with van der Waals surface area (Å²) in [5.41, 5.74) is 6.41. The Bertz CT molecular complexity index is 997. The molecule has 176 valence electrons. The molecule has 12 heteroatoms. The molecule has 3 rings (SSSR count). The maximum Gasteiger partial charge on any atom is 0.321 e. The van der Waals surface area contributed by atoms with E-state index < -0.39 is 5.91 Å². The van der Waals surface area contributed by atoms with E-state index in [2.05, 4.69) is 47.2 Å². The SMILES string of the molecule is NC(=O)CNC(=O)CCCNc1nc(Nc2cccc(NC(=O)N3CCCC3)c2)ncc1Br. The summed E-state index contributed by atoms with van der Waals surface area (Å²) in [7, 11) is 0. The second-order valence-corrected chi connectivity index (χ2v) is 8.35. The average Bonchev–Trinajstić information content (AvgIpc) is 3.33. The molecule has 1 aliphatic rings. The zero-order chi connectivity index (χ0) is 23.6. The summed E-state index contributed by atoms with van der Waals surface area (Å²) < 4.78 is 0.679. The predicted octanol–water partition coefficient (Wildman–Crippen LogP) is 2.40. The van der Waals surface area contributed by atoms with E-state index in [1.165, 1.54) is 0 Å². The van der Waals surface area contributed by atoms with Gasteiger partial charge in [-0.05, 0) is 53.4 Å². The van der Waals surface area contributed by atoms with Crippen LogP contribution in [0.15, 0.2) is 34.9 Å². The first-order valence-corrected chi connectivity index (χ1v) is 11.4. The number of anilines is 4. The van der Waals surface area contributed by atoms with Gasteiger partial charge in [0.25, 0.3) is 0 Å². The second-order valence-electron chi connectivity index (χ2n) is 7.49. The van der Waals surface area contributed by atoms with Gasteiger partial charge in [-0.1, -0.05) is 6.07 Å². The van der Waals surface area contributed by atoms with E-state index in [1.54, 1.807) is 11.1 Å². The molecule has 0 bridgehead atoms. The van der Waals surface area contributed by atoms with E-state index in [-0.39, 0.29) is 24.9 Å². The van der Waals surface area contributed by atoms with Crippen molar-refractivity contribution in [3.63, 3.8) is 0 Å². The van der Waals surface area contributed by atoms with Gasteiger partial charge < -0.3 is 31.9 Å². The third kappa shape index (κ3) is 7.90. The Morgan fingerprint density at radius 3 is 2.67 bits per heavy atom. The Kier molecular flexibility index (Phi) is 8.81. The molecule has 2 heterocycles. The summed E-state index contributed by atoms with van der Waals surface area (Å²) in [4.78, 5) is 45.2. The smallest absolute Gasteiger partial charge is 0.321 e. The number of nitrogens with two attached hydrogens (primary N) is 1. The first kappa shape index (κ1) is 24.2. The number of rotatable bonds is 10. The van der Waals surface area contributed by atoms with Gasteiger partial charge in [-0.15, -0.1) is 0 Å². The molecule has 2 aromatic rings. The number of aromatic nitrogens is 2. The molecule has 11 nitrogen and oxygen atoms in total. The number of hydrogen-bond donors (Lipinski definition) is 5. The van der Waals surface area contributed by atoms with Crippen molar-refractivity contribution in [2.45, 2.75) is 25.7 Å². The lowest BCUT2D eigenvalue weighted by Crippen LogP contribution is -2.33. The molecule has 0 unspecified atom stereocenters. The van der Waals surface area contributed by atoms with Gasteiger partial charge in [0.15, 0.2) is 0 Å². The molecule has 0 aliphatic carbocycles. The predicted molar refractivity (Wildman–Crippen MR) is 129 cm³/mol. The van der Waals surface area contributed by atoms with Gasteiger partial charge in [0.2, 0.25) is 17.8 Å². The average molecular weight is 519 g/mol. The normalized spacial score (nSPS) is 12.8. The minimum Gasteiger partial charge on any atom is -0.369 e. The van der Waals surface area contributed by atoms with Gasteiger partial charge in [-0.3, -0.25) is 9.59 Å².